The summed E-state index contributed by atoms with van der Waals surface area (Å²) in [6, 6.07) is 10.0. The van der Waals surface area contributed by atoms with Gasteiger partial charge in [0, 0.05) is 40.7 Å². The number of hydrogen-bond donors (Lipinski definition) is 0. The molecule has 160 valence electrons. The Balaban J connectivity index is 2.06. The average molecular weight is 559 g/mol. The molecule has 0 spiro atoms. The molecule has 2 aromatic carbocycles. The van der Waals surface area contributed by atoms with E-state index in [4.69, 9.17) is 9.47 Å². The van der Waals surface area contributed by atoms with Crippen LogP contribution < -0.4 is 9.47 Å². The number of benzene rings is 2. The molecule has 0 saturated carbocycles. The monoisotopic (exact) mass is 557 g/mol. The Morgan fingerprint density at radius 1 is 1.17 bits per heavy atom. The summed E-state index contributed by atoms with van der Waals surface area (Å²) in [7, 11) is -0.770. The second-order valence-electron chi connectivity index (χ2n) is 6.83. The predicted octanol–water partition coefficient (Wildman–Crippen LogP) is 3.98. The maximum absolute atomic E-state index is 13.7. The van der Waals surface area contributed by atoms with E-state index in [1.165, 1.54) is 4.31 Å². The Bertz CT molecular complexity index is 1050. The molecule has 1 aliphatic rings. The molecule has 10 heteroatoms. The van der Waals surface area contributed by atoms with E-state index in [0.29, 0.717) is 40.0 Å². The first-order chi connectivity index (χ1) is 14.3. The SMILES string of the molecule is COc1cc(CN([C@@H]2CCN(C#N)C2)S(=O)(=O)c2cc(Br)ccc2Br)cc(OC)c1. The van der Waals surface area contributed by atoms with Crippen LogP contribution in [0.4, 0.5) is 0 Å². The number of methoxy groups -OCH3 is 2. The highest BCUT2D eigenvalue weighted by Crippen LogP contribution is 2.33. The number of nitrogens with zero attached hydrogens (tertiary/aromatic N) is 3. The van der Waals surface area contributed by atoms with E-state index < -0.39 is 10.0 Å². The van der Waals surface area contributed by atoms with Crippen molar-refractivity contribution in [1.29, 1.82) is 5.26 Å². The molecular formula is C20H21Br2N3O4S. The van der Waals surface area contributed by atoms with Crippen LogP contribution in [0.5, 0.6) is 11.5 Å². The molecule has 1 atom stereocenters. The van der Waals surface area contributed by atoms with Crippen LogP contribution in [-0.2, 0) is 16.6 Å². The van der Waals surface area contributed by atoms with Gasteiger partial charge in [0.05, 0.1) is 19.1 Å². The van der Waals surface area contributed by atoms with Gasteiger partial charge in [0.2, 0.25) is 10.0 Å². The van der Waals surface area contributed by atoms with Gasteiger partial charge in [-0.05, 0) is 58.2 Å². The van der Waals surface area contributed by atoms with Gasteiger partial charge in [-0.3, -0.25) is 0 Å². The molecule has 3 rings (SSSR count). The fourth-order valence-electron chi connectivity index (χ4n) is 3.42. The van der Waals surface area contributed by atoms with E-state index in [2.05, 4.69) is 38.1 Å². The van der Waals surface area contributed by atoms with Crippen molar-refractivity contribution in [2.75, 3.05) is 27.3 Å². The van der Waals surface area contributed by atoms with E-state index in [0.717, 1.165) is 5.56 Å². The van der Waals surface area contributed by atoms with Gasteiger partial charge in [-0.2, -0.15) is 9.57 Å². The number of halogens is 2. The van der Waals surface area contributed by atoms with Gasteiger partial charge in [-0.15, -0.1) is 0 Å². The third kappa shape index (κ3) is 4.91. The lowest BCUT2D eigenvalue weighted by Crippen LogP contribution is -2.41. The smallest absolute Gasteiger partial charge is 0.244 e. The quantitative estimate of drug-likeness (QED) is 0.478. The maximum atomic E-state index is 13.7. The summed E-state index contributed by atoms with van der Waals surface area (Å²) >= 11 is 6.73. The average Bonchev–Trinajstić information content (AvgIpc) is 3.22. The van der Waals surface area contributed by atoms with Crippen molar-refractivity contribution >= 4 is 41.9 Å². The van der Waals surface area contributed by atoms with Crippen LogP contribution in [0.25, 0.3) is 0 Å². The van der Waals surface area contributed by atoms with E-state index in [1.807, 2.05) is 0 Å². The van der Waals surface area contributed by atoms with Crippen LogP contribution in [0.1, 0.15) is 12.0 Å². The molecule has 7 nitrogen and oxygen atoms in total. The summed E-state index contributed by atoms with van der Waals surface area (Å²) in [6.07, 6.45) is 2.68. The summed E-state index contributed by atoms with van der Waals surface area (Å²) in [5, 5.41) is 9.25. The van der Waals surface area contributed by atoms with E-state index >= 15 is 0 Å². The normalized spacial score (nSPS) is 16.5. The van der Waals surface area contributed by atoms with Gasteiger partial charge in [0.25, 0.3) is 0 Å². The fraction of sp³-hybridized carbons (Fsp3) is 0.350. The minimum Gasteiger partial charge on any atom is -0.497 e. The van der Waals surface area contributed by atoms with E-state index in [9.17, 15) is 13.7 Å². The van der Waals surface area contributed by atoms with Gasteiger partial charge < -0.3 is 14.4 Å². The number of rotatable bonds is 7. The third-order valence-electron chi connectivity index (χ3n) is 4.94. The first-order valence-electron chi connectivity index (χ1n) is 9.12. The highest BCUT2D eigenvalue weighted by molar-refractivity contribution is 9.11. The first kappa shape index (κ1) is 22.9. The molecule has 0 unspecified atom stereocenters. The topological polar surface area (TPSA) is 82.9 Å². The second kappa shape index (κ2) is 9.56. The Hall–Kier alpha value is -1.80. The molecular weight excluding hydrogens is 538 g/mol. The molecule has 0 bridgehead atoms. The summed E-state index contributed by atoms with van der Waals surface area (Å²) in [6.45, 7) is 0.996. The number of hydrogen-bond acceptors (Lipinski definition) is 6. The van der Waals surface area contributed by atoms with Gasteiger partial charge in [0.1, 0.15) is 11.5 Å². The van der Waals surface area contributed by atoms with Crippen molar-refractivity contribution in [3.63, 3.8) is 0 Å². The fourth-order valence-corrected chi connectivity index (χ4v) is 6.52. The number of ether oxygens (including phenoxy) is 2. The van der Waals surface area contributed by atoms with Gasteiger partial charge in [-0.25, -0.2) is 8.42 Å². The zero-order valence-electron chi connectivity index (χ0n) is 16.5. The van der Waals surface area contributed by atoms with Crippen molar-refractivity contribution in [2.24, 2.45) is 0 Å². The molecule has 30 heavy (non-hydrogen) atoms. The Kier molecular flexibility index (Phi) is 7.29. The summed E-state index contributed by atoms with van der Waals surface area (Å²) in [5.41, 5.74) is 0.733. The van der Waals surface area contributed by atoms with Crippen molar-refractivity contribution < 1.29 is 17.9 Å². The molecule has 1 fully saturated rings. The van der Waals surface area contributed by atoms with Crippen LogP contribution in [0, 0.1) is 11.5 Å². The standard InChI is InChI=1S/C20H21Br2N3O4S/c1-28-17-7-14(8-18(10-17)29-2)11-25(16-5-6-24(12-16)13-23)30(26,27)20-9-15(21)3-4-19(20)22/h3-4,7-10,16H,5-6,11-12H2,1-2H3/t16-/m1/s1. The zero-order chi connectivity index (χ0) is 21.9. The van der Waals surface area contributed by atoms with Crippen molar-refractivity contribution in [2.45, 2.75) is 23.9 Å². The zero-order valence-corrected chi connectivity index (χ0v) is 20.5. The lowest BCUT2D eigenvalue weighted by molar-refractivity contribution is 0.312. The van der Waals surface area contributed by atoms with Crippen LogP contribution in [0.15, 0.2) is 50.2 Å². The minimum absolute atomic E-state index is 0.124. The van der Waals surface area contributed by atoms with Crippen LogP contribution in [0.2, 0.25) is 0 Å². The number of nitriles is 1. The van der Waals surface area contributed by atoms with Crippen LogP contribution in [0.3, 0.4) is 0 Å². The predicted molar refractivity (Wildman–Crippen MR) is 120 cm³/mol. The van der Waals surface area contributed by atoms with E-state index in [1.54, 1.807) is 55.5 Å². The summed E-state index contributed by atoms with van der Waals surface area (Å²) < 4.78 is 40.7. The molecule has 0 aromatic heterocycles. The lowest BCUT2D eigenvalue weighted by Gasteiger charge is -2.28. The van der Waals surface area contributed by atoms with Gasteiger partial charge >= 0.3 is 0 Å². The second-order valence-corrected chi connectivity index (χ2v) is 10.5. The molecule has 1 heterocycles. The number of likely N-dealkylation sites (tertiary alicyclic amines) is 1. The Labute approximate surface area is 193 Å². The Morgan fingerprint density at radius 3 is 2.40 bits per heavy atom. The van der Waals surface area contributed by atoms with Crippen molar-refractivity contribution in [3.8, 4) is 17.7 Å². The van der Waals surface area contributed by atoms with Crippen LogP contribution >= 0.6 is 31.9 Å². The molecule has 0 amide bonds. The van der Waals surface area contributed by atoms with Crippen molar-refractivity contribution in [3.05, 3.63) is 50.9 Å². The Morgan fingerprint density at radius 2 is 1.83 bits per heavy atom. The molecule has 1 aliphatic heterocycles. The highest BCUT2D eigenvalue weighted by atomic mass is 79.9. The van der Waals surface area contributed by atoms with Gasteiger partial charge in [0.15, 0.2) is 6.19 Å². The third-order valence-corrected chi connectivity index (χ3v) is 8.33. The maximum Gasteiger partial charge on any atom is 0.244 e. The lowest BCUT2D eigenvalue weighted by atomic mass is 10.1. The highest BCUT2D eigenvalue weighted by Gasteiger charge is 2.37. The minimum atomic E-state index is -3.87. The number of sulfonamides is 1. The van der Waals surface area contributed by atoms with E-state index in [-0.39, 0.29) is 17.5 Å². The summed E-state index contributed by atoms with van der Waals surface area (Å²) in [5.74, 6) is 1.16. The first-order valence-corrected chi connectivity index (χ1v) is 12.1. The van der Waals surface area contributed by atoms with Crippen LogP contribution in [-0.4, -0.2) is 51.0 Å². The molecule has 0 radical (unpaired) electrons. The van der Waals surface area contributed by atoms with Crippen molar-refractivity contribution in [1.82, 2.24) is 9.21 Å². The molecule has 0 N–H and O–H groups in total. The summed E-state index contributed by atoms with van der Waals surface area (Å²) in [4.78, 5) is 1.75. The van der Waals surface area contributed by atoms with Gasteiger partial charge in [-0.1, -0.05) is 15.9 Å². The molecule has 2 aromatic rings. The molecule has 1 saturated heterocycles. The largest absolute Gasteiger partial charge is 0.497 e. The molecule has 0 aliphatic carbocycles.